The summed E-state index contributed by atoms with van der Waals surface area (Å²) >= 11 is 0. The summed E-state index contributed by atoms with van der Waals surface area (Å²) in [6.45, 7) is 6.92. The van der Waals surface area contributed by atoms with Gasteiger partial charge in [0.1, 0.15) is 0 Å². The van der Waals surface area contributed by atoms with Crippen LogP contribution in [0.25, 0.3) is 5.69 Å². The average Bonchev–Trinajstić information content (AvgIpc) is 3.12. The van der Waals surface area contributed by atoms with Crippen molar-refractivity contribution in [2.45, 2.75) is 33.4 Å². The molecule has 0 saturated heterocycles. The molecule has 152 valence electrons. The number of nitrogens with zero attached hydrogens (tertiary/aromatic N) is 4. The van der Waals surface area contributed by atoms with Crippen molar-refractivity contribution in [3.8, 4) is 5.69 Å². The maximum absolute atomic E-state index is 4.64. The van der Waals surface area contributed by atoms with Crippen LogP contribution in [0, 0.1) is 13.8 Å². The lowest BCUT2D eigenvalue weighted by Gasteiger charge is -2.23. The number of pyridine rings is 1. The molecule has 2 aromatic heterocycles. The van der Waals surface area contributed by atoms with E-state index in [9.17, 15) is 0 Å². The summed E-state index contributed by atoms with van der Waals surface area (Å²) in [5.41, 5.74) is 7.26. The van der Waals surface area contributed by atoms with Gasteiger partial charge in [-0.3, -0.25) is 9.88 Å². The molecular formula is C26H28N4. The zero-order chi connectivity index (χ0) is 20.8. The molecule has 0 aliphatic heterocycles. The lowest BCUT2D eigenvalue weighted by Crippen LogP contribution is -2.25. The number of hydrogen-bond acceptors (Lipinski definition) is 3. The fourth-order valence-corrected chi connectivity index (χ4v) is 3.83. The van der Waals surface area contributed by atoms with E-state index in [0.29, 0.717) is 0 Å². The third kappa shape index (κ3) is 5.22. The predicted molar refractivity (Wildman–Crippen MR) is 122 cm³/mol. The first kappa shape index (κ1) is 20.0. The molecule has 30 heavy (non-hydrogen) atoms. The minimum absolute atomic E-state index is 0.891. The molecule has 0 saturated carbocycles. The monoisotopic (exact) mass is 396 g/mol. The van der Waals surface area contributed by atoms with Gasteiger partial charge in [-0.25, -0.2) is 4.68 Å². The highest BCUT2D eigenvalue weighted by atomic mass is 15.3. The van der Waals surface area contributed by atoms with Gasteiger partial charge in [0.05, 0.1) is 11.4 Å². The Morgan fingerprint density at radius 3 is 2.23 bits per heavy atom. The molecule has 0 bridgehead atoms. The Kier molecular flexibility index (Phi) is 6.35. The second-order valence-electron chi connectivity index (χ2n) is 7.81. The summed E-state index contributed by atoms with van der Waals surface area (Å²) in [6, 6.07) is 25.7. The van der Waals surface area contributed by atoms with Gasteiger partial charge < -0.3 is 0 Å². The van der Waals surface area contributed by atoms with Gasteiger partial charge in [0, 0.05) is 37.7 Å². The third-order valence-corrected chi connectivity index (χ3v) is 5.29. The van der Waals surface area contributed by atoms with Crippen LogP contribution in [0.1, 0.15) is 28.1 Å². The smallest absolute Gasteiger partial charge is 0.0651 e. The van der Waals surface area contributed by atoms with E-state index >= 15 is 0 Å². The first-order valence-corrected chi connectivity index (χ1v) is 10.4. The van der Waals surface area contributed by atoms with Crippen LogP contribution < -0.4 is 0 Å². The molecule has 0 N–H and O–H groups in total. The van der Waals surface area contributed by atoms with Crippen LogP contribution in [0.2, 0.25) is 0 Å². The van der Waals surface area contributed by atoms with Crippen molar-refractivity contribution in [3.05, 3.63) is 113 Å². The first-order valence-electron chi connectivity index (χ1n) is 10.4. The summed E-state index contributed by atoms with van der Waals surface area (Å²) in [7, 11) is 0. The van der Waals surface area contributed by atoms with Crippen LogP contribution in [0.15, 0.2) is 85.2 Å². The zero-order valence-electron chi connectivity index (χ0n) is 17.7. The lowest BCUT2D eigenvalue weighted by molar-refractivity contribution is 0.260. The van der Waals surface area contributed by atoms with Gasteiger partial charge in [-0.15, -0.1) is 0 Å². The Morgan fingerprint density at radius 1 is 0.767 bits per heavy atom. The summed E-state index contributed by atoms with van der Waals surface area (Å²) < 4.78 is 2.02. The molecular weight excluding hydrogens is 368 g/mol. The second kappa shape index (κ2) is 9.51. The first-order chi connectivity index (χ1) is 14.7. The molecule has 0 aliphatic carbocycles. The average molecular weight is 397 g/mol. The van der Waals surface area contributed by atoms with E-state index in [1.54, 1.807) is 0 Å². The number of aryl methyl sites for hydroxylation is 2. The molecule has 4 heteroatoms. The van der Waals surface area contributed by atoms with Crippen molar-refractivity contribution < 1.29 is 0 Å². The molecule has 0 fully saturated rings. The Morgan fingerprint density at radius 2 is 1.50 bits per heavy atom. The van der Waals surface area contributed by atoms with E-state index in [0.717, 1.165) is 43.1 Å². The van der Waals surface area contributed by atoms with Gasteiger partial charge in [-0.1, -0.05) is 42.5 Å². The minimum Gasteiger partial charge on any atom is -0.295 e. The zero-order valence-corrected chi connectivity index (χ0v) is 17.7. The van der Waals surface area contributed by atoms with Gasteiger partial charge in [-0.2, -0.15) is 5.10 Å². The molecule has 0 radical (unpaired) electrons. The normalized spacial score (nSPS) is 11.2. The number of rotatable bonds is 8. The summed E-state index contributed by atoms with van der Waals surface area (Å²) in [5, 5.41) is 4.64. The molecule has 0 unspecified atom stereocenters. The van der Waals surface area contributed by atoms with Gasteiger partial charge in [0.15, 0.2) is 0 Å². The molecule has 4 rings (SSSR count). The van der Waals surface area contributed by atoms with E-state index in [-0.39, 0.29) is 0 Å². The highest BCUT2D eigenvalue weighted by molar-refractivity contribution is 5.37. The maximum Gasteiger partial charge on any atom is 0.0651 e. The molecule has 0 atom stereocenters. The minimum atomic E-state index is 0.891. The highest BCUT2D eigenvalue weighted by Gasteiger charge is 2.10. The number of benzene rings is 2. The summed E-state index contributed by atoms with van der Waals surface area (Å²) in [4.78, 5) is 6.66. The quantitative estimate of drug-likeness (QED) is 0.414. The second-order valence-corrected chi connectivity index (χ2v) is 7.81. The van der Waals surface area contributed by atoms with Crippen LogP contribution >= 0.6 is 0 Å². The fraction of sp³-hybridized carbons (Fsp3) is 0.231. The number of aromatic nitrogens is 3. The molecule has 0 amide bonds. The van der Waals surface area contributed by atoms with Crippen LogP contribution in [0.5, 0.6) is 0 Å². The van der Waals surface area contributed by atoms with Crippen LogP contribution in [0.3, 0.4) is 0 Å². The van der Waals surface area contributed by atoms with Crippen molar-refractivity contribution in [2.24, 2.45) is 0 Å². The SMILES string of the molecule is Cc1cc(C)n(-c2cccc(CN(CCc3ccccc3)Cc3ccncc3)c2)n1. The Balaban J connectivity index is 1.53. The fourth-order valence-electron chi connectivity index (χ4n) is 3.83. The summed E-state index contributed by atoms with van der Waals surface area (Å²) in [5.74, 6) is 0. The number of hydrogen-bond donors (Lipinski definition) is 0. The Hall–Kier alpha value is -3.24. The molecule has 4 aromatic rings. The van der Waals surface area contributed by atoms with Crippen molar-refractivity contribution in [1.29, 1.82) is 0 Å². The predicted octanol–water partition coefficient (Wildman–Crippen LogP) is 5.13. The van der Waals surface area contributed by atoms with E-state index < -0.39 is 0 Å². The van der Waals surface area contributed by atoms with Crippen LogP contribution in [-0.2, 0) is 19.5 Å². The van der Waals surface area contributed by atoms with Crippen molar-refractivity contribution >= 4 is 0 Å². The molecule has 2 heterocycles. The van der Waals surface area contributed by atoms with Gasteiger partial charge in [-0.05, 0) is 67.3 Å². The molecule has 0 aliphatic rings. The van der Waals surface area contributed by atoms with Gasteiger partial charge >= 0.3 is 0 Å². The molecule has 2 aromatic carbocycles. The Bertz CT molecular complexity index is 1070. The van der Waals surface area contributed by atoms with E-state index in [1.165, 1.54) is 16.7 Å². The highest BCUT2D eigenvalue weighted by Crippen LogP contribution is 2.17. The van der Waals surface area contributed by atoms with Crippen molar-refractivity contribution in [1.82, 2.24) is 19.7 Å². The van der Waals surface area contributed by atoms with E-state index in [4.69, 9.17) is 0 Å². The Labute approximate surface area is 178 Å². The van der Waals surface area contributed by atoms with Crippen LogP contribution in [0.4, 0.5) is 0 Å². The topological polar surface area (TPSA) is 34.0 Å². The van der Waals surface area contributed by atoms with Gasteiger partial charge in [0.25, 0.3) is 0 Å². The third-order valence-electron chi connectivity index (χ3n) is 5.29. The van der Waals surface area contributed by atoms with E-state index in [1.807, 2.05) is 24.0 Å². The van der Waals surface area contributed by atoms with Gasteiger partial charge in [0.2, 0.25) is 0 Å². The maximum atomic E-state index is 4.64. The van der Waals surface area contributed by atoms with Crippen LogP contribution in [-0.4, -0.2) is 26.2 Å². The largest absolute Gasteiger partial charge is 0.295 e. The lowest BCUT2D eigenvalue weighted by atomic mass is 10.1. The molecule has 0 spiro atoms. The standard InChI is InChI=1S/C26H28N4/c1-21-17-22(2)30(28-21)26-10-6-9-25(18-26)20-29(19-24-11-14-27-15-12-24)16-13-23-7-4-3-5-8-23/h3-12,14-15,17-18H,13,16,19-20H2,1-2H3. The molecule has 4 nitrogen and oxygen atoms in total. The summed E-state index contributed by atoms with van der Waals surface area (Å²) in [6.07, 6.45) is 4.77. The van der Waals surface area contributed by atoms with Crippen molar-refractivity contribution in [2.75, 3.05) is 6.54 Å². The van der Waals surface area contributed by atoms with E-state index in [2.05, 4.69) is 94.7 Å². The van der Waals surface area contributed by atoms with Crippen molar-refractivity contribution in [3.63, 3.8) is 0 Å².